The summed E-state index contributed by atoms with van der Waals surface area (Å²) < 4.78 is 5.01. The van der Waals surface area contributed by atoms with Crippen LogP contribution >= 0.6 is 0 Å². The number of hydrogen-bond donors (Lipinski definition) is 3. The number of benzene rings is 2. The van der Waals surface area contributed by atoms with Crippen LogP contribution in [0, 0.1) is 0 Å². The number of rotatable bonds is 5. The van der Waals surface area contributed by atoms with Crippen molar-refractivity contribution in [2.24, 2.45) is 0 Å². The molecule has 0 radical (unpaired) electrons. The standard InChI is InChI=1S/C25H25N3O6/c1-14(29)34-11-10-27-6-8-28(9-7-27)13-15-12-26-21-18(15)24(32)19-20(25(21)33)23(31)17-5-3-2-4-16(17)22(19)30/h2-5,12,26,32-33H,6-11,13H2,1H3. The lowest BCUT2D eigenvalue weighted by Crippen LogP contribution is -2.46. The fraction of sp³-hybridized carbons (Fsp3) is 0.320. The van der Waals surface area contributed by atoms with Crippen molar-refractivity contribution in [2.75, 3.05) is 39.3 Å². The molecule has 5 rings (SSSR count). The summed E-state index contributed by atoms with van der Waals surface area (Å²) in [7, 11) is 0. The molecule has 1 saturated heterocycles. The van der Waals surface area contributed by atoms with Gasteiger partial charge in [0, 0.05) is 63.5 Å². The van der Waals surface area contributed by atoms with E-state index in [1.807, 2.05) is 0 Å². The molecule has 1 aliphatic carbocycles. The Labute approximate surface area is 195 Å². The van der Waals surface area contributed by atoms with Gasteiger partial charge in [-0.05, 0) is 5.56 Å². The molecule has 3 N–H and O–H groups in total. The second kappa shape index (κ2) is 8.58. The summed E-state index contributed by atoms with van der Waals surface area (Å²) in [5.41, 5.74) is 1.10. The van der Waals surface area contributed by atoms with Gasteiger partial charge in [0.25, 0.3) is 0 Å². The lowest BCUT2D eigenvalue weighted by atomic mass is 9.82. The number of aromatic hydroxyl groups is 2. The van der Waals surface area contributed by atoms with E-state index < -0.39 is 11.6 Å². The molecule has 176 valence electrons. The van der Waals surface area contributed by atoms with E-state index in [-0.39, 0.29) is 45.2 Å². The molecule has 0 bridgehead atoms. The number of piperazine rings is 1. The van der Waals surface area contributed by atoms with Crippen molar-refractivity contribution in [1.82, 2.24) is 14.8 Å². The first kappa shape index (κ1) is 22.1. The number of ether oxygens (including phenoxy) is 1. The van der Waals surface area contributed by atoms with Gasteiger partial charge in [-0.1, -0.05) is 24.3 Å². The van der Waals surface area contributed by atoms with E-state index in [4.69, 9.17) is 4.74 Å². The second-order valence-corrected chi connectivity index (χ2v) is 8.67. The highest BCUT2D eigenvalue weighted by atomic mass is 16.5. The van der Waals surface area contributed by atoms with Crippen LogP contribution in [-0.4, -0.2) is 81.9 Å². The molecular weight excluding hydrogens is 438 g/mol. The maximum Gasteiger partial charge on any atom is 0.302 e. The molecule has 2 heterocycles. The Morgan fingerprint density at radius 3 is 2.18 bits per heavy atom. The third-order valence-corrected chi connectivity index (χ3v) is 6.60. The van der Waals surface area contributed by atoms with Crippen molar-refractivity contribution >= 4 is 28.4 Å². The smallest absolute Gasteiger partial charge is 0.302 e. The maximum atomic E-state index is 13.2. The molecule has 0 spiro atoms. The number of esters is 1. The van der Waals surface area contributed by atoms with Gasteiger partial charge in [0.1, 0.15) is 12.4 Å². The molecule has 1 fully saturated rings. The lowest BCUT2D eigenvalue weighted by molar-refractivity contribution is -0.141. The highest BCUT2D eigenvalue weighted by molar-refractivity contribution is 6.32. The van der Waals surface area contributed by atoms with Gasteiger partial charge in [0.05, 0.1) is 22.0 Å². The average molecular weight is 463 g/mol. The number of nitrogens with zero attached hydrogens (tertiary/aromatic N) is 2. The number of hydrogen-bond acceptors (Lipinski definition) is 8. The van der Waals surface area contributed by atoms with Gasteiger partial charge in [-0.3, -0.25) is 24.2 Å². The van der Waals surface area contributed by atoms with E-state index >= 15 is 0 Å². The van der Waals surface area contributed by atoms with E-state index in [0.717, 1.165) is 31.7 Å². The van der Waals surface area contributed by atoms with Crippen LogP contribution in [0.15, 0.2) is 30.5 Å². The molecule has 2 aliphatic rings. The van der Waals surface area contributed by atoms with E-state index in [0.29, 0.717) is 25.1 Å². The van der Waals surface area contributed by atoms with Crippen LogP contribution in [-0.2, 0) is 16.1 Å². The van der Waals surface area contributed by atoms with Crippen LogP contribution in [0.4, 0.5) is 0 Å². The predicted octanol–water partition coefficient (Wildman–Crippen LogP) is 2.04. The van der Waals surface area contributed by atoms with E-state index in [9.17, 15) is 24.6 Å². The Morgan fingerprint density at radius 2 is 1.56 bits per heavy atom. The van der Waals surface area contributed by atoms with Crippen LogP contribution in [0.3, 0.4) is 0 Å². The van der Waals surface area contributed by atoms with Crippen molar-refractivity contribution in [1.29, 1.82) is 0 Å². The fourth-order valence-electron chi connectivity index (χ4n) is 4.85. The molecule has 0 saturated carbocycles. The minimum atomic E-state index is -0.485. The quantitative estimate of drug-likeness (QED) is 0.304. The first-order chi connectivity index (χ1) is 16.4. The molecule has 1 aromatic heterocycles. The number of aromatic amines is 1. The number of carbonyl (C=O) groups excluding carboxylic acids is 3. The minimum absolute atomic E-state index is 0.148. The van der Waals surface area contributed by atoms with Gasteiger partial charge in [0.2, 0.25) is 0 Å². The zero-order valence-corrected chi connectivity index (χ0v) is 18.8. The van der Waals surface area contributed by atoms with E-state index in [1.54, 1.807) is 30.5 Å². The van der Waals surface area contributed by atoms with Crippen molar-refractivity contribution in [2.45, 2.75) is 13.5 Å². The normalized spacial score (nSPS) is 16.5. The first-order valence-electron chi connectivity index (χ1n) is 11.2. The highest BCUT2D eigenvalue weighted by Crippen LogP contribution is 2.45. The number of aromatic nitrogens is 1. The van der Waals surface area contributed by atoms with Gasteiger partial charge in [0.15, 0.2) is 17.3 Å². The monoisotopic (exact) mass is 463 g/mol. The molecule has 0 amide bonds. The molecule has 2 aromatic carbocycles. The summed E-state index contributed by atoms with van der Waals surface area (Å²) in [5, 5.41) is 22.4. The Bertz CT molecular complexity index is 1320. The number of ketones is 2. The van der Waals surface area contributed by atoms with Crippen molar-refractivity contribution in [3.05, 3.63) is 58.3 Å². The highest BCUT2D eigenvalue weighted by Gasteiger charge is 2.37. The fourth-order valence-corrected chi connectivity index (χ4v) is 4.85. The molecule has 0 atom stereocenters. The molecule has 9 nitrogen and oxygen atoms in total. The summed E-state index contributed by atoms with van der Waals surface area (Å²) in [6, 6.07) is 6.43. The van der Waals surface area contributed by atoms with Crippen LogP contribution < -0.4 is 0 Å². The number of nitrogens with one attached hydrogen (secondary N) is 1. The molecule has 3 aromatic rings. The van der Waals surface area contributed by atoms with Crippen molar-refractivity contribution < 1.29 is 29.3 Å². The largest absolute Gasteiger partial charge is 0.506 e. The summed E-state index contributed by atoms with van der Waals surface area (Å²) in [5.74, 6) is -1.86. The SMILES string of the molecule is CC(=O)OCCN1CCN(Cc2c[nH]c3c(O)c4c(c(O)c23)C(=O)c2ccccc2C4=O)CC1. The van der Waals surface area contributed by atoms with Gasteiger partial charge >= 0.3 is 5.97 Å². The number of fused-ring (bicyclic) bond motifs is 3. The number of H-pyrrole nitrogens is 1. The summed E-state index contributed by atoms with van der Waals surface area (Å²) in [6.45, 7) is 6.10. The lowest BCUT2D eigenvalue weighted by Gasteiger charge is -2.34. The minimum Gasteiger partial charge on any atom is -0.506 e. The Morgan fingerprint density at radius 1 is 0.971 bits per heavy atom. The van der Waals surface area contributed by atoms with E-state index in [1.165, 1.54) is 6.92 Å². The van der Waals surface area contributed by atoms with Crippen molar-refractivity contribution in [3.8, 4) is 11.5 Å². The molecule has 0 unspecified atom stereocenters. The number of phenolic OH excluding ortho intramolecular Hbond substituents is 2. The van der Waals surface area contributed by atoms with Crippen molar-refractivity contribution in [3.63, 3.8) is 0 Å². The Hall–Kier alpha value is -3.69. The Kier molecular flexibility index (Phi) is 5.59. The first-order valence-corrected chi connectivity index (χ1v) is 11.2. The summed E-state index contributed by atoms with van der Waals surface area (Å²) in [6.07, 6.45) is 1.70. The number of phenols is 2. The maximum absolute atomic E-state index is 13.2. The van der Waals surface area contributed by atoms with Gasteiger partial charge in [-0.25, -0.2) is 0 Å². The van der Waals surface area contributed by atoms with E-state index in [2.05, 4.69) is 14.8 Å². The molecule has 9 heteroatoms. The predicted molar refractivity (Wildman–Crippen MR) is 123 cm³/mol. The Balaban J connectivity index is 1.41. The van der Waals surface area contributed by atoms with Crippen LogP contribution in [0.1, 0.15) is 44.3 Å². The molecule has 1 aliphatic heterocycles. The molecular formula is C25H25N3O6. The third kappa shape index (κ3) is 3.63. The van der Waals surface area contributed by atoms with Gasteiger partial charge in [-0.2, -0.15) is 0 Å². The second-order valence-electron chi connectivity index (χ2n) is 8.67. The number of carbonyl (C=O) groups is 3. The van der Waals surface area contributed by atoms with Crippen LogP contribution in [0.25, 0.3) is 10.9 Å². The zero-order chi connectivity index (χ0) is 24.0. The third-order valence-electron chi connectivity index (χ3n) is 6.60. The summed E-state index contributed by atoms with van der Waals surface area (Å²) in [4.78, 5) is 44.6. The summed E-state index contributed by atoms with van der Waals surface area (Å²) >= 11 is 0. The zero-order valence-electron chi connectivity index (χ0n) is 18.8. The van der Waals surface area contributed by atoms with Gasteiger partial charge in [-0.15, -0.1) is 0 Å². The van der Waals surface area contributed by atoms with Crippen LogP contribution in [0.5, 0.6) is 11.5 Å². The van der Waals surface area contributed by atoms with Crippen LogP contribution in [0.2, 0.25) is 0 Å². The van der Waals surface area contributed by atoms with Gasteiger partial charge < -0.3 is 19.9 Å². The molecule has 34 heavy (non-hydrogen) atoms. The topological polar surface area (TPSA) is 123 Å². The average Bonchev–Trinajstić information content (AvgIpc) is 3.25.